The third kappa shape index (κ3) is 6.26. The van der Waals surface area contributed by atoms with Gasteiger partial charge < -0.3 is 5.11 Å². The van der Waals surface area contributed by atoms with Crippen molar-refractivity contribution in [2.75, 3.05) is 19.7 Å². The summed E-state index contributed by atoms with van der Waals surface area (Å²) in [6.07, 6.45) is 2.12. The molecule has 19 heavy (non-hydrogen) atoms. The van der Waals surface area contributed by atoms with Crippen molar-refractivity contribution < 1.29 is 5.11 Å². The highest BCUT2D eigenvalue weighted by Gasteiger charge is 2.07. The number of aliphatic hydroxyl groups excluding tert-OH is 1. The van der Waals surface area contributed by atoms with Crippen molar-refractivity contribution in [2.45, 2.75) is 25.8 Å². The maximum Gasteiger partial charge on any atom is 0.0622 e. The lowest BCUT2D eigenvalue weighted by Crippen LogP contribution is -2.26. The second-order valence-electron chi connectivity index (χ2n) is 4.36. The summed E-state index contributed by atoms with van der Waals surface area (Å²) < 4.78 is 0. The van der Waals surface area contributed by atoms with Crippen LogP contribution in [0.3, 0.4) is 0 Å². The van der Waals surface area contributed by atoms with Crippen LogP contribution < -0.4 is 0 Å². The smallest absolute Gasteiger partial charge is 0.0622 e. The molecule has 104 valence electrons. The minimum absolute atomic E-state index is 0.177. The first-order valence-corrected chi connectivity index (χ1v) is 7.07. The molecule has 1 N–H and O–H groups in total. The topological polar surface area (TPSA) is 47.3 Å². The summed E-state index contributed by atoms with van der Waals surface area (Å²) in [5, 5.41) is 18.6. The highest BCUT2D eigenvalue weighted by Crippen LogP contribution is 2.23. The third-order valence-electron chi connectivity index (χ3n) is 2.79. The molecule has 3 nitrogen and oxygen atoms in total. The first-order chi connectivity index (χ1) is 9.17. The summed E-state index contributed by atoms with van der Waals surface area (Å²) in [6, 6.07) is 7.75. The molecule has 1 rings (SSSR count). The van der Waals surface area contributed by atoms with Crippen molar-refractivity contribution in [2.24, 2.45) is 0 Å². The molecule has 0 aliphatic heterocycles. The number of benzene rings is 1. The second kappa shape index (κ2) is 9.17. The quantitative estimate of drug-likeness (QED) is 0.748. The summed E-state index contributed by atoms with van der Waals surface area (Å²) in [5.74, 6) is 0. The number of nitriles is 1. The highest BCUT2D eigenvalue weighted by molar-refractivity contribution is 6.42. The van der Waals surface area contributed by atoms with E-state index in [4.69, 9.17) is 33.6 Å². The van der Waals surface area contributed by atoms with Crippen LogP contribution in [0.2, 0.25) is 10.0 Å². The minimum atomic E-state index is 0.177. The fourth-order valence-corrected chi connectivity index (χ4v) is 2.16. The van der Waals surface area contributed by atoms with Gasteiger partial charge in [0.05, 0.1) is 16.1 Å². The molecule has 0 saturated heterocycles. The van der Waals surface area contributed by atoms with Gasteiger partial charge in [-0.3, -0.25) is 4.90 Å². The predicted octanol–water partition coefficient (Wildman–Crippen LogP) is 3.48. The first-order valence-electron chi connectivity index (χ1n) is 6.31. The van der Waals surface area contributed by atoms with Crippen molar-refractivity contribution in [3.05, 3.63) is 33.8 Å². The van der Waals surface area contributed by atoms with E-state index >= 15 is 0 Å². The van der Waals surface area contributed by atoms with Gasteiger partial charge in [0.2, 0.25) is 0 Å². The van der Waals surface area contributed by atoms with E-state index in [0.717, 1.165) is 38.0 Å². The van der Waals surface area contributed by atoms with Crippen LogP contribution in [0.5, 0.6) is 0 Å². The molecule has 0 atom stereocenters. The zero-order valence-corrected chi connectivity index (χ0v) is 12.3. The standard InChI is InChI=1S/C14H18Cl2N2O/c15-13-5-4-12(10-14(13)16)11-18(8-3-9-19)7-2-1-6-17/h4-5,10,19H,1-3,7-9,11H2. The normalized spacial score (nSPS) is 10.7. The van der Waals surface area contributed by atoms with Gasteiger partial charge in [0.25, 0.3) is 0 Å². The maximum absolute atomic E-state index is 8.92. The summed E-state index contributed by atoms with van der Waals surface area (Å²) in [4.78, 5) is 2.22. The van der Waals surface area contributed by atoms with E-state index in [9.17, 15) is 0 Å². The van der Waals surface area contributed by atoms with E-state index < -0.39 is 0 Å². The third-order valence-corrected chi connectivity index (χ3v) is 3.52. The Hall–Kier alpha value is -0.790. The fourth-order valence-electron chi connectivity index (χ4n) is 1.84. The number of aliphatic hydroxyl groups is 1. The number of rotatable bonds is 8. The number of hydrogen-bond acceptors (Lipinski definition) is 3. The zero-order valence-electron chi connectivity index (χ0n) is 10.8. The summed E-state index contributed by atoms with van der Waals surface area (Å²) >= 11 is 11.9. The van der Waals surface area contributed by atoms with Gasteiger partial charge in [0.15, 0.2) is 0 Å². The Morgan fingerprint density at radius 1 is 1.16 bits per heavy atom. The van der Waals surface area contributed by atoms with E-state index in [-0.39, 0.29) is 6.61 Å². The molecule has 0 spiro atoms. The van der Waals surface area contributed by atoms with E-state index in [2.05, 4.69) is 11.0 Å². The average molecular weight is 301 g/mol. The lowest BCUT2D eigenvalue weighted by molar-refractivity contribution is 0.217. The van der Waals surface area contributed by atoms with Gasteiger partial charge in [-0.1, -0.05) is 29.3 Å². The van der Waals surface area contributed by atoms with Gasteiger partial charge in [0, 0.05) is 26.1 Å². The van der Waals surface area contributed by atoms with Crippen LogP contribution in [0.15, 0.2) is 18.2 Å². The zero-order chi connectivity index (χ0) is 14.1. The van der Waals surface area contributed by atoms with Crippen molar-refractivity contribution >= 4 is 23.2 Å². The predicted molar refractivity (Wildman–Crippen MR) is 78.3 cm³/mol. The summed E-state index contributed by atoms with van der Waals surface area (Å²) in [7, 11) is 0. The lowest BCUT2D eigenvalue weighted by Gasteiger charge is -2.21. The Morgan fingerprint density at radius 2 is 1.89 bits per heavy atom. The van der Waals surface area contributed by atoms with Gasteiger partial charge in [-0.25, -0.2) is 0 Å². The summed E-state index contributed by atoms with van der Waals surface area (Å²) in [6.45, 7) is 2.58. The van der Waals surface area contributed by atoms with E-state index in [0.29, 0.717) is 16.5 Å². The molecule has 0 aliphatic carbocycles. The van der Waals surface area contributed by atoms with Crippen molar-refractivity contribution in [1.29, 1.82) is 5.26 Å². The minimum Gasteiger partial charge on any atom is -0.396 e. The molecule has 0 bridgehead atoms. The van der Waals surface area contributed by atoms with Gasteiger partial charge in [0.1, 0.15) is 0 Å². The molecule has 1 aromatic carbocycles. The van der Waals surface area contributed by atoms with Gasteiger partial charge in [-0.05, 0) is 37.1 Å². The second-order valence-corrected chi connectivity index (χ2v) is 5.18. The molecule has 0 heterocycles. The Labute approximate surface area is 124 Å². The number of nitrogens with zero attached hydrogens (tertiary/aromatic N) is 2. The number of unbranched alkanes of at least 4 members (excludes halogenated alkanes) is 1. The van der Waals surface area contributed by atoms with Crippen LogP contribution in [0.4, 0.5) is 0 Å². The van der Waals surface area contributed by atoms with Crippen molar-refractivity contribution in [1.82, 2.24) is 4.90 Å². The van der Waals surface area contributed by atoms with Gasteiger partial charge in [-0.2, -0.15) is 5.26 Å². The highest BCUT2D eigenvalue weighted by atomic mass is 35.5. The molecular weight excluding hydrogens is 283 g/mol. The molecule has 1 aromatic rings. The van der Waals surface area contributed by atoms with Crippen LogP contribution in [0.1, 0.15) is 24.8 Å². The fraction of sp³-hybridized carbons (Fsp3) is 0.500. The monoisotopic (exact) mass is 300 g/mol. The van der Waals surface area contributed by atoms with Gasteiger partial charge in [-0.15, -0.1) is 0 Å². The Morgan fingerprint density at radius 3 is 2.53 bits per heavy atom. The SMILES string of the molecule is N#CCCCN(CCCO)Cc1ccc(Cl)c(Cl)c1. The number of halogens is 2. The molecule has 0 unspecified atom stereocenters. The van der Waals surface area contributed by atoms with E-state index in [1.54, 1.807) is 6.07 Å². The molecule has 0 aromatic heterocycles. The summed E-state index contributed by atoms with van der Waals surface area (Å²) in [5.41, 5.74) is 1.09. The molecular formula is C14H18Cl2N2O. The van der Waals surface area contributed by atoms with Crippen LogP contribution >= 0.6 is 23.2 Å². The number of hydrogen-bond donors (Lipinski definition) is 1. The van der Waals surface area contributed by atoms with Crippen molar-refractivity contribution in [3.8, 4) is 6.07 Å². The van der Waals surface area contributed by atoms with E-state index in [1.807, 2.05) is 12.1 Å². The van der Waals surface area contributed by atoms with Gasteiger partial charge >= 0.3 is 0 Å². The first kappa shape index (κ1) is 16.3. The molecule has 0 saturated carbocycles. The van der Waals surface area contributed by atoms with Crippen molar-refractivity contribution in [3.63, 3.8) is 0 Å². The van der Waals surface area contributed by atoms with Crippen LogP contribution in [-0.2, 0) is 6.54 Å². The largest absolute Gasteiger partial charge is 0.396 e. The molecule has 5 heteroatoms. The Bertz CT molecular complexity index is 432. The molecule has 0 radical (unpaired) electrons. The average Bonchev–Trinajstić information content (AvgIpc) is 2.40. The van der Waals surface area contributed by atoms with Crippen LogP contribution in [-0.4, -0.2) is 29.7 Å². The van der Waals surface area contributed by atoms with Crippen LogP contribution in [0, 0.1) is 11.3 Å². The molecule has 0 amide bonds. The Balaban J connectivity index is 2.59. The Kier molecular flexibility index (Phi) is 7.85. The van der Waals surface area contributed by atoms with Crippen LogP contribution in [0.25, 0.3) is 0 Å². The molecule has 0 fully saturated rings. The van der Waals surface area contributed by atoms with E-state index in [1.165, 1.54) is 0 Å². The maximum atomic E-state index is 8.92. The molecule has 0 aliphatic rings. The lowest BCUT2D eigenvalue weighted by atomic mass is 10.2.